The number of benzene rings is 1. The van der Waals surface area contributed by atoms with E-state index in [2.05, 4.69) is 5.32 Å². The Morgan fingerprint density at radius 1 is 1.22 bits per heavy atom. The topological polar surface area (TPSA) is 65.1 Å². The number of piperazine rings is 1. The summed E-state index contributed by atoms with van der Waals surface area (Å²) >= 11 is 5.74. The Kier molecular flexibility index (Phi) is 7.68. The Bertz CT molecular complexity index is 985. The number of rotatable bonds is 4. The second-order valence-electron chi connectivity index (χ2n) is 9.53. The Hall–Kier alpha value is -2.18. The van der Waals surface area contributed by atoms with E-state index in [1.165, 1.54) is 4.90 Å². The molecule has 3 fully saturated rings. The SMILES string of the molecule is C[C@H]1C(=O)N2[C@@H](CCN3CCC(F)(F)CC3)COC[C@H]2CN1C(=O)Nc1ccc(C(F)(F)F)c(Cl)c1. The van der Waals surface area contributed by atoms with Gasteiger partial charge in [-0.25, -0.2) is 13.6 Å². The molecule has 0 aliphatic carbocycles. The lowest BCUT2D eigenvalue weighted by Crippen LogP contribution is -2.68. The molecule has 13 heteroatoms. The number of amides is 3. The van der Waals surface area contributed by atoms with E-state index in [0.717, 1.165) is 18.2 Å². The number of anilines is 1. The predicted molar refractivity (Wildman–Crippen MR) is 122 cm³/mol. The number of morpholine rings is 1. The first-order chi connectivity index (χ1) is 16.9. The van der Waals surface area contributed by atoms with Crippen molar-refractivity contribution in [3.63, 3.8) is 0 Å². The quantitative estimate of drug-likeness (QED) is 0.580. The Morgan fingerprint density at radius 3 is 2.56 bits per heavy atom. The Morgan fingerprint density at radius 2 is 1.92 bits per heavy atom. The monoisotopic (exact) mass is 538 g/mol. The first kappa shape index (κ1) is 26.9. The van der Waals surface area contributed by atoms with Crippen LogP contribution in [0, 0.1) is 0 Å². The van der Waals surface area contributed by atoms with Crippen molar-refractivity contribution in [3.8, 4) is 0 Å². The second-order valence-corrected chi connectivity index (χ2v) is 9.93. The van der Waals surface area contributed by atoms with Crippen molar-refractivity contribution in [2.45, 2.75) is 56.4 Å². The van der Waals surface area contributed by atoms with Crippen LogP contribution in [0.4, 0.5) is 32.4 Å². The van der Waals surface area contributed by atoms with Crippen LogP contribution in [0.3, 0.4) is 0 Å². The third kappa shape index (κ3) is 5.86. The molecule has 0 spiro atoms. The largest absolute Gasteiger partial charge is 0.417 e. The fourth-order valence-corrected chi connectivity index (χ4v) is 5.26. The van der Waals surface area contributed by atoms with Crippen LogP contribution in [0.1, 0.15) is 31.7 Å². The average molecular weight is 539 g/mol. The van der Waals surface area contributed by atoms with Gasteiger partial charge in [0.25, 0.3) is 5.92 Å². The average Bonchev–Trinajstić information content (AvgIpc) is 2.79. The van der Waals surface area contributed by atoms with E-state index >= 15 is 0 Å². The number of halogens is 6. The molecule has 0 aromatic heterocycles. The van der Waals surface area contributed by atoms with Crippen molar-refractivity contribution in [3.05, 3.63) is 28.8 Å². The molecule has 1 aromatic carbocycles. The molecule has 7 nitrogen and oxygen atoms in total. The summed E-state index contributed by atoms with van der Waals surface area (Å²) in [5, 5.41) is 1.97. The normalized spacial score (nSPS) is 27.1. The van der Waals surface area contributed by atoms with E-state index in [1.807, 2.05) is 4.90 Å². The molecule has 1 aromatic rings. The number of nitrogens with one attached hydrogen (secondary N) is 1. The summed E-state index contributed by atoms with van der Waals surface area (Å²) in [6.07, 6.45) is -4.40. The zero-order valence-electron chi connectivity index (χ0n) is 19.7. The summed E-state index contributed by atoms with van der Waals surface area (Å²) in [5.74, 6) is -2.88. The van der Waals surface area contributed by atoms with Gasteiger partial charge in [-0.3, -0.25) is 4.79 Å². The highest BCUT2D eigenvalue weighted by atomic mass is 35.5. The molecule has 3 heterocycles. The third-order valence-corrected chi connectivity index (χ3v) is 7.36. The van der Waals surface area contributed by atoms with E-state index < -0.39 is 34.8 Å². The van der Waals surface area contributed by atoms with Gasteiger partial charge in [0.1, 0.15) is 6.04 Å². The zero-order chi connectivity index (χ0) is 26.3. The Balaban J connectivity index is 1.38. The maximum absolute atomic E-state index is 13.4. The smallest absolute Gasteiger partial charge is 0.377 e. The van der Waals surface area contributed by atoms with Crippen molar-refractivity contribution < 1.29 is 36.3 Å². The number of likely N-dealkylation sites (tertiary alicyclic amines) is 1. The number of hydrogen-bond donors (Lipinski definition) is 1. The number of nitrogens with zero attached hydrogens (tertiary/aromatic N) is 3. The number of carbonyl (C=O) groups excluding carboxylic acids is 2. The van der Waals surface area contributed by atoms with Crippen LogP contribution < -0.4 is 5.32 Å². The van der Waals surface area contributed by atoms with Gasteiger partial charge in [0, 0.05) is 44.7 Å². The van der Waals surface area contributed by atoms with Crippen molar-refractivity contribution in [1.82, 2.24) is 14.7 Å². The van der Waals surface area contributed by atoms with Crippen LogP contribution in [0.5, 0.6) is 0 Å². The first-order valence-corrected chi connectivity index (χ1v) is 12.2. The van der Waals surface area contributed by atoms with Gasteiger partial charge in [0.15, 0.2) is 0 Å². The number of hydrogen-bond acceptors (Lipinski definition) is 4. The van der Waals surface area contributed by atoms with E-state index in [0.29, 0.717) is 32.7 Å². The van der Waals surface area contributed by atoms with Gasteiger partial charge in [-0.2, -0.15) is 13.2 Å². The predicted octanol–water partition coefficient (Wildman–Crippen LogP) is 4.31. The van der Waals surface area contributed by atoms with Gasteiger partial charge in [-0.05, 0) is 31.5 Å². The summed E-state index contributed by atoms with van der Waals surface area (Å²) in [5.41, 5.74) is -0.937. The highest BCUT2D eigenvalue weighted by molar-refractivity contribution is 6.31. The number of urea groups is 1. The minimum Gasteiger partial charge on any atom is -0.377 e. The van der Waals surface area contributed by atoms with E-state index in [1.54, 1.807) is 11.8 Å². The molecule has 0 unspecified atom stereocenters. The molecular formula is C23H28ClF5N4O3. The molecule has 3 atom stereocenters. The molecular weight excluding hydrogens is 511 g/mol. The highest BCUT2D eigenvalue weighted by Gasteiger charge is 2.45. The molecule has 200 valence electrons. The zero-order valence-corrected chi connectivity index (χ0v) is 20.4. The van der Waals surface area contributed by atoms with Gasteiger partial charge in [0.05, 0.1) is 35.9 Å². The number of carbonyl (C=O) groups is 2. The number of fused-ring (bicyclic) bond motifs is 1. The van der Waals surface area contributed by atoms with Crippen LogP contribution in [-0.4, -0.2) is 90.1 Å². The lowest BCUT2D eigenvalue weighted by molar-refractivity contribution is -0.159. The minimum absolute atomic E-state index is 0.0740. The van der Waals surface area contributed by atoms with Crippen molar-refractivity contribution in [2.75, 3.05) is 44.7 Å². The third-order valence-electron chi connectivity index (χ3n) is 7.05. The summed E-state index contributed by atoms with van der Waals surface area (Å²) in [6.45, 7) is 3.51. The summed E-state index contributed by atoms with van der Waals surface area (Å²) < 4.78 is 71.4. The highest BCUT2D eigenvalue weighted by Crippen LogP contribution is 2.36. The fraction of sp³-hybridized carbons (Fsp3) is 0.652. The molecule has 3 amide bonds. The summed E-state index contributed by atoms with van der Waals surface area (Å²) in [7, 11) is 0. The lowest BCUT2D eigenvalue weighted by Gasteiger charge is -2.50. The van der Waals surface area contributed by atoms with Gasteiger partial charge in [-0.15, -0.1) is 0 Å². The molecule has 0 saturated carbocycles. The van der Waals surface area contributed by atoms with E-state index in [4.69, 9.17) is 16.3 Å². The van der Waals surface area contributed by atoms with Crippen LogP contribution in [0.15, 0.2) is 18.2 Å². The molecule has 3 saturated heterocycles. The van der Waals surface area contributed by atoms with Crippen molar-refractivity contribution in [2.24, 2.45) is 0 Å². The van der Waals surface area contributed by atoms with Crippen molar-refractivity contribution in [1.29, 1.82) is 0 Å². The second kappa shape index (κ2) is 10.3. The van der Waals surface area contributed by atoms with Gasteiger partial charge >= 0.3 is 12.2 Å². The molecule has 0 radical (unpaired) electrons. The van der Waals surface area contributed by atoms with Gasteiger partial charge in [0.2, 0.25) is 5.91 Å². The first-order valence-electron chi connectivity index (χ1n) is 11.8. The lowest BCUT2D eigenvalue weighted by atomic mass is 9.99. The van der Waals surface area contributed by atoms with Crippen LogP contribution in [0.2, 0.25) is 5.02 Å². The standard InChI is InChI=1S/C23H28ClF5N4O3/c1-14-20(34)33-16(4-7-31-8-5-22(25,26)6-9-31)12-36-13-17(33)11-32(14)21(35)30-15-2-3-18(19(24)10-15)23(27,28)29/h2-3,10,14,16-17H,4-9,11-13H2,1H3,(H,30,35)/t14-,16-,17+/m0/s1. The van der Waals surface area contributed by atoms with Crippen molar-refractivity contribution >= 4 is 29.2 Å². The maximum atomic E-state index is 13.4. The van der Waals surface area contributed by atoms with Gasteiger partial charge in [-0.1, -0.05) is 11.6 Å². The Labute approximate surface area is 210 Å². The molecule has 4 rings (SSSR count). The number of alkyl halides is 5. The van der Waals surface area contributed by atoms with Crippen LogP contribution >= 0.6 is 11.6 Å². The van der Waals surface area contributed by atoms with Gasteiger partial charge < -0.3 is 24.8 Å². The maximum Gasteiger partial charge on any atom is 0.417 e. The van der Waals surface area contributed by atoms with E-state index in [-0.39, 0.29) is 49.7 Å². The number of piperidine rings is 1. The van der Waals surface area contributed by atoms with Crippen LogP contribution in [-0.2, 0) is 15.7 Å². The molecule has 1 N–H and O–H groups in total. The molecule has 3 aliphatic heterocycles. The minimum atomic E-state index is -4.62. The van der Waals surface area contributed by atoms with Crippen LogP contribution in [0.25, 0.3) is 0 Å². The molecule has 36 heavy (non-hydrogen) atoms. The van der Waals surface area contributed by atoms with E-state index in [9.17, 15) is 31.5 Å². The molecule has 3 aliphatic rings. The molecule has 0 bridgehead atoms. The fourth-order valence-electron chi connectivity index (χ4n) is 4.97. The summed E-state index contributed by atoms with van der Waals surface area (Å²) in [4.78, 5) is 31.2. The summed E-state index contributed by atoms with van der Waals surface area (Å²) in [6, 6.07) is 0.837. The number of ether oxygens (including phenoxy) is 1.